The lowest BCUT2D eigenvalue weighted by atomic mass is 9.91. The molecule has 0 saturated carbocycles. The average Bonchev–Trinajstić information content (AvgIpc) is 3.25. The normalized spacial score (nSPS) is 22.9. The molecule has 0 spiro atoms. The molecule has 2 aliphatic heterocycles. The number of fused-ring (bicyclic) bond motifs is 1. The number of hydrogen-bond donors (Lipinski definition) is 1. The third-order valence-electron chi connectivity index (χ3n) is 7.16. The molecule has 5 atom stereocenters. The molecule has 1 aromatic carbocycles. The summed E-state index contributed by atoms with van der Waals surface area (Å²) >= 11 is 0. The van der Waals surface area contributed by atoms with Crippen molar-refractivity contribution in [3.63, 3.8) is 0 Å². The van der Waals surface area contributed by atoms with Crippen LogP contribution in [0, 0.1) is 5.92 Å². The molecule has 1 N–H and O–H groups in total. The number of hydrogen-bond acceptors (Lipinski definition) is 7. The lowest BCUT2D eigenvalue weighted by Gasteiger charge is -2.39. The van der Waals surface area contributed by atoms with Crippen molar-refractivity contribution < 1.29 is 28.7 Å². The van der Waals surface area contributed by atoms with Gasteiger partial charge < -0.3 is 19.3 Å². The molecule has 0 aromatic heterocycles. The highest BCUT2D eigenvalue weighted by atomic mass is 16.5. The Hall–Kier alpha value is -2.94. The fraction of sp³-hybridized carbons (Fsp3) is 0.630. The highest BCUT2D eigenvalue weighted by Gasteiger charge is 2.50. The predicted molar refractivity (Wildman–Crippen MR) is 134 cm³/mol. The molecule has 9 heteroatoms. The van der Waals surface area contributed by atoms with Gasteiger partial charge in [0.25, 0.3) is 0 Å². The molecule has 0 aliphatic carbocycles. The SMILES string of the molecule is CCOC(=O)[C@H](CCc1ccccc1)N[C@H](C)C(=O)N1[C@@H]2CN(C(C)=O)CC[C@H]2C[C@H]1C(=O)OCC. The summed E-state index contributed by atoms with van der Waals surface area (Å²) in [5.74, 6) is -1.04. The minimum atomic E-state index is -0.737. The van der Waals surface area contributed by atoms with Gasteiger partial charge in [-0.05, 0) is 57.9 Å². The maximum atomic E-state index is 13.8. The van der Waals surface area contributed by atoms with E-state index in [1.54, 1.807) is 30.6 Å². The first kappa shape index (κ1) is 27.6. The van der Waals surface area contributed by atoms with Gasteiger partial charge in [-0.25, -0.2) is 4.79 Å². The van der Waals surface area contributed by atoms with Gasteiger partial charge in [0.15, 0.2) is 0 Å². The van der Waals surface area contributed by atoms with E-state index in [1.165, 1.54) is 6.92 Å². The Bertz CT molecular complexity index is 923. The summed E-state index contributed by atoms with van der Waals surface area (Å²) in [5.41, 5.74) is 1.09. The molecule has 3 rings (SSSR count). The van der Waals surface area contributed by atoms with Crippen LogP contribution < -0.4 is 5.32 Å². The third kappa shape index (κ3) is 6.63. The van der Waals surface area contributed by atoms with Crippen LogP contribution in [0.1, 0.15) is 52.5 Å². The van der Waals surface area contributed by atoms with Crippen LogP contribution in [0.5, 0.6) is 0 Å². The van der Waals surface area contributed by atoms with Gasteiger partial charge in [0.1, 0.15) is 12.1 Å². The van der Waals surface area contributed by atoms with Gasteiger partial charge >= 0.3 is 11.9 Å². The van der Waals surface area contributed by atoms with Crippen molar-refractivity contribution in [3.05, 3.63) is 35.9 Å². The first-order chi connectivity index (χ1) is 17.3. The van der Waals surface area contributed by atoms with Gasteiger partial charge in [0, 0.05) is 20.0 Å². The summed E-state index contributed by atoms with van der Waals surface area (Å²) in [6, 6.07) is 7.44. The maximum Gasteiger partial charge on any atom is 0.328 e. The number of carbonyl (C=O) groups excluding carboxylic acids is 4. The van der Waals surface area contributed by atoms with Crippen molar-refractivity contribution in [2.24, 2.45) is 5.92 Å². The van der Waals surface area contributed by atoms with Gasteiger partial charge in [-0.1, -0.05) is 30.3 Å². The van der Waals surface area contributed by atoms with Crippen molar-refractivity contribution in [2.45, 2.75) is 77.5 Å². The molecule has 2 heterocycles. The van der Waals surface area contributed by atoms with Crippen LogP contribution in [-0.2, 0) is 35.1 Å². The van der Waals surface area contributed by atoms with E-state index in [9.17, 15) is 19.2 Å². The van der Waals surface area contributed by atoms with E-state index < -0.39 is 30.1 Å². The smallest absolute Gasteiger partial charge is 0.328 e. The number of rotatable bonds is 10. The fourth-order valence-corrected chi connectivity index (χ4v) is 5.32. The summed E-state index contributed by atoms with van der Waals surface area (Å²) in [4.78, 5) is 54.7. The summed E-state index contributed by atoms with van der Waals surface area (Å²) in [6.45, 7) is 8.19. The minimum absolute atomic E-state index is 0.0464. The number of likely N-dealkylation sites (tertiary alicyclic amines) is 2. The molecule has 198 valence electrons. The van der Waals surface area contributed by atoms with Crippen molar-refractivity contribution >= 4 is 23.8 Å². The van der Waals surface area contributed by atoms with E-state index in [2.05, 4.69) is 5.32 Å². The largest absolute Gasteiger partial charge is 0.465 e. The second-order valence-corrected chi connectivity index (χ2v) is 9.55. The molecule has 0 unspecified atom stereocenters. The van der Waals surface area contributed by atoms with Crippen LogP contribution in [0.3, 0.4) is 0 Å². The molecule has 0 radical (unpaired) electrons. The number of benzene rings is 1. The standard InChI is InChI=1S/C27H39N3O6/c1-5-35-26(33)22(13-12-20-10-8-7-9-11-20)28-18(3)25(32)30-23(27(34)36-6-2)16-21-14-15-29(19(4)31)17-24(21)30/h7-11,18,21-24,28H,5-6,12-17H2,1-4H3/t18-,21+,22+,23+,24-/m1/s1. The Morgan fingerprint density at radius 2 is 1.78 bits per heavy atom. The Labute approximate surface area is 213 Å². The van der Waals surface area contributed by atoms with Crippen molar-refractivity contribution in [3.8, 4) is 0 Å². The monoisotopic (exact) mass is 501 g/mol. The quantitative estimate of drug-likeness (QED) is 0.489. The van der Waals surface area contributed by atoms with E-state index >= 15 is 0 Å². The molecule has 2 amide bonds. The van der Waals surface area contributed by atoms with Crippen LogP contribution >= 0.6 is 0 Å². The highest BCUT2D eigenvalue weighted by molar-refractivity contribution is 5.89. The summed E-state index contributed by atoms with van der Waals surface area (Å²) in [7, 11) is 0. The lowest BCUT2D eigenvalue weighted by molar-refractivity contribution is -0.156. The summed E-state index contributed by atoms with van der Waals surface area (Å²) < 4.78 is 10.6. The zero-order valence-corrected chi connectivity index (χ0v) is 21.8. The molecule has 9 nitrogen and oxygen atoms in total. The number of amides is 2. The fourth-order valence-electron chi connectivity index (χ4n) is 5.32. The van der Waals surface area contributed by atoms with Crippen LogP contribution in [0.4, 0.5) is 0 Å². The van der Waals surface area contributed by atoms with Crippen LogP contribution in [0.2, 0.25) is 0 Å². The molecule has 2 fully saturated rings. The lowest BCUT2D eigenvalue weighted by Crippen LogP contribution is -2.58. The third-order valence-corrected chi connectivity index (χ3v) is 7.16. The topological polar surface area (TPSA) is 105 Å². The molecular weight excluding hydrogens is 462 g/mol. The van der Waals surface area contributed by atoms with Gasteiger partial charge in [0.2, 0.25) is 11.8 Å². The Balaban J connectivity index is 1.77. The zero-order chi connectivity index (χ0) is 26.2. The average molecular weight is 502 g/mol. The van der Waals surface area contributed by atoms with Gasteiger partial charge in [-0.15, -0.1) is 0 Å². The minimum Gasteiger partial charge on any atom is -0.465 e. The first-order valence-corrected chi connectivity index (χ1v) is 13.0. The molecular formula is C27H39N3O6. The van der Waals surface area contributed by atoms with Crippen LogP contribution in [0.25, 0.3) is 0 Å². The zero-order valence-electron chi connectivity index (χ0n) is 21.8. The van der Waals surface area contributed by atoms with Gasteiger partial charge in [-0.3, -0.25) is 19.7 Å². The summed E-state index contributed by atoms with van der Waals surface area (Å²) in [5, 5.41) is 3.17. The molecule has 2 aliphatic rings. The number of nitrogens with zero attached hydrogens (tertiary/aromatic N) is 2. The van der Waals surface area contributed by atoms with Crippen molar-refractivity contribution in [2.75, 3.05) is 26.3 Å². The first-order valence-electron chi connectivity index (χ1n) is 13.0. The summed E-state index contributed by atoms with van der Waals surface area (Å²) in [6.07, 6.45) is 2.36. The number of esters is 2. The van der Waals surface area contributed by atoms with E-state index in [4.69, 9.17) is 9.47 Å². The van der Waals surface area contributed by atoms with Crippen molar-refractivity contribution in [1.82, 2.24) is 15.1 Å². The van der Waals surface area contributed by atoms with E-state index in [-0.39, 0.29) is 37.0 Å². The van der Waals surface area contributed by atoms with Crippen molar-refractivity contribution in [1.29, 1.82) is 0 Å². The second-order valence-electron chi connectivity index (χ2n) is 9.55. The highest BCUT2D eigenvalue weighted by Crippen LogP contribution is 2.37. The number of carbonyl (C=O) groups is 4. The number of aryl methyl sites for hydroxylation is 1. The molecule has 1 aromatic rings. The Morgan fingerprint density at radius 3 is 2.42 bits per heavy atom. The van der Waals surface area contributed by atoms with E-state index in [0.29, 0.717) is 32.4 Å². The van der Waals surface area contributed by atoms with E-state index in [1.807, 2.05) is 30.3 Å². The number of piperidine rings is 1. The van der Waals surface area contributed by atoms with Gasteiger partial charge in [0.05, 0.1) is 25.3 Å². The van der Waals surface area contributed by atoms with Crippen LogP contribution in [-0.4, -0.2) is 84.0 Å². The predicted octanol–water partition coefficient (Wildman–Crippen LogP) is 1.93. The number of nitrogens with one attached hydrogen (secondary N) is 1. The molecule has 36 heavy (non-hydrogen) atoms. The molecule has 0 bridgehead atoms. The van der Waals surface area contributed by atoms with E-state index in [0.717, 1.165) is 12.0 Å². The van der Waals surface area contributed by atoms with Gasteiger partial charge in [-0.2, -0.15) is 0 Å². The number of ether oxygens (including phenoxy) is 2. The molecule has 2 saturated heterocycles. The van der Waals surface area contributed by atoms with Crippen LogP contribution in [0.15, 0.2) is 30.3 Å². The Kier molecular flexibility index (Phi) is 9.87. The maximum absolute atomic E-state index is 13.8. The second kappa shape index (κ2) is 12.9. The Morgan fingerprint density at radius 1 is 1.08 bits per heavy atom.